The lowest BCUT2D eigenvalue weighted by atomic mass is 10.0. The first-order valence-electron chi connectivity index (χ1n) is 5.82. The summed E-state index contributed by atoms with van der Waals surface area (Å²) in [5.74, 6) is 0.223. The molecule has 1 fully saturated rings. The zero-order chi connectivity index (χ0) is 11.3. The number of hydrogen-bond acceptors (Lipinski definition) is 3. The standard InChI is InChI=1S/C11H22N2O2/c1-9(4-2-6-12)11(15)13-7-3-5-10(13)8-14/h9-10,14H,2-8,12H2,1H3/t9?,10-/m1/s1. The number of carbonyl (C=O) groups is 1. The Morgan fingerprint density at radius 2 is 2.40 bits per heavy atom. The molecule has 0 aromatic heterocycles. The SMILES string of the molecule is CC(CCCN)C(=O)N1CCC[C@@H]1CO. The van der Waals surface area contributed by atoms with Crippen molar-refractivity contribution in [3.8, 4) is 0 Å². The Kier molecular flexibility index (Phi) is 5.05. The highest BCUT2D eigenvalue weighted by Gasteiger charge is 2.30. The molecular formula is C11H22N2O2. The quantitative estimate of drug-likeness (QED) is 0.693. The first-order valence-corrected chi connectivity index (χ1v) is 5.82. The number of rotatable bonds is 5. The van der Waals surface area contributed by atoms with Crippen LogP contribution in [0.25, 0.3) is 0 Å². The molecule has 0 bridgehead atoms. The minimum Gasteiger partial charge on any atom is -0.394 e. The summed E-state index contributed by atoms with van der Waals surface area (Å²) >= 11 is 0. The van der Waals surface area contributed by atoms with Crippen LogP contribution in [-0.2, 0) is 4.79 Å². The third-order valence-corrected chi connectivity index (χ3v) is 3.13. The van der Waals surface area contributed by atoms with Crippen LogP contribution in [0.1, 0.15) is 32.6 Å². The highest BCUT2D eigenvalue weighted by atomic mass is 16.3. The molecule has 1 saturated heterocycles. The van der Waals surface area contributed by atoms with Crippen LogP contribution in [0.15, 0.2) is 0 Å². The van der Waals surface area contributed by atoms with E-state index >= 15 is 0 Å². The predicted octanol–water partition coefficient (Wildman–Crippen LogP) is 0.345. The summed E-state index contributed by atoms with van der Waals surface area (Å²) in [4.78, 5) is 13.8. The van der Waals surface area contributed by atoms with Crippen LogP contribution in [0.4, 0.5) is 0 Å². The van der Waals surface area contributed by atoms with E-state index in [1.807, 2.05) is 11.8 Å². The third kappa shape index (κ3) is 3.18. The van der Waals surface area contributed by atoms with Crippen molar-refractivity contribution in [2.75, 3.05) is 19.7 Å². The van der Waals surface area contributed by atoms with Crippen molar-refractivity contribution in [1.29, 1.82) is 0 Å². The summed E-state index contributed by atoms with van der Waals surface area (Å²) in [6.07, 6.45) is 3.70. The van der Waals surface area contributed by atoms with Gasteiger partial charge in [0.05, 0.1) is 12.6 Å². The Morgan fingerprint density at radius 1 is 1.67 bits per heavy atom. The van der Waals surface area contributed by atoms with Crippen molar-refractivity contribution in [3.05, 3.63) is 0 Å². The lowest BCUT2D eigenvalue weighted by Crippen LogP contribution is -2.40. The van der Waals surface area contributed by atoms with E-state index < -0.39 is 0 Å². The van der Waals surface area contributed by atoms with Crippen molar-refractivity contribution in [1.82, 2.24) is 4.90 Å². The van der Waals surface area contributed by atoms with Gasteiger partial charge in [0.2, 0.25) is 5.91 Å². The van der Waals surface area contributed by atoms with Gasteiger partial charge in [-0.15, -0.1) is 0 Å². The van der Waals surface area contributed by atoms with Gasteiger partial charge < -0.3 is 15.7 Å². The van der Waals surface area contributed by atoms with Gasteiger partial charge in [-0.05, 0) is 32.2 Å². The Balaban J connectivity index is 2.44. The maximum atomic E-state index is 12.0. The van der Waals surface area contributed by atoms with Crippen LogP contribution in [0.2, 0.25) is 0 Å². The molecule has 0 aromatic carbocycles. The fourth-order valence-corrected chi connectivity index (χ4v) is 2.15. The molecule has 1 rings (SSSR count). The van der Waals surface area contributed by atoms with Gasteiger partial charge in [0.25, 0.3) is 0 Å². The van der Waals surface area contributed by atoms with Crippen LogP contribution in [0.3, 0.4) is 0 Å². The van der Waals surface area contributed by atoms with E-state index in [4.69, 9.17) is 10.8 Å². The van der Waals surface area contributed by atoms with E-state index in [9.17, 15) is 4.79 Å². The predicted molar refractivity (Wildman–Crippen MR) is 59.3 cm³/mol. The van der Waals surface area contributed by atoms with Crippen LogP contribution in [0, 0.1) is 5.92 Å². The summed E-state index contributed by atoms with van der Waals surface area (Å²) in [6.45, 7) is 3.48. The molecule has 4 nitrogen and oxygen atoms in total. The third-order valence-electron chi connectivity index (χ3n) is 3.13. The molecule has 3 N–H and O–H groups in total. The molecule has 0 aliphatic carbocycles. The van der Waals surface area contributed by atoms with E-state index in [-0.39, 0.29) is 24.5 Å². The van der Waals surface area contributed by atoms with Gasteiger partial charge in [0.1, 0.15) is 0 Å². The first kappa shape index (κ1) is 12.5. The van der Waals surface area contributed by atoms with E-state index in [1.54, 1.807) is 0 Å². The Bertz CT molecular complexity index is 209. The molecule has 4 heteroatoms. The maximum absolute atomic E-state index is 12.0. The number of amides is 1. The van der Waals surface area contributed by atoms with Crippen molar-refractivity contribution in [2.24, 2.45) is 11.7 Å². The number of aliphatic hydroxyl groups is 1. The van der Waals surface area contributed by atoms with Crippen molar-refractivity contribution in [2.45, 2.75) is 38.6 Å². The second-order valence-electron chi connectivity index (χ2n) is 4.34. The minimum absolute atomic E-state index is 0.0423. The van der Waals surface area contributed by atoms with Crippen molar-refractivity contribution < 1.29 is 9.90 Å². The van der Waals surface area contributed by atoms with Gasteiger partial charge in [-0.2, -0.15) is 0 Å². The number of likely N-dealkylation sites (tertiary alicyclic amines) is 1. The summed E-state index contributed by atoms with van der Waals surface area (Å²) in [7, 11) is 0. The second kappa shape index (κ2) is 6.08. The molecule has 1 unspecified atom stereocenters. The first-order chi connectivity index (χ1) is 7.20. The molecule has 2 atom stereocenters. The zero-order valence-electron chi connectivity index (χ0n) is 9.48. The smallest absolute Gasteiger partial charge is 0.225 e. The fourth-order valence-electron chi connectivity index (χ4n) is 2.15. The average molecular weight is 214 g/mol. The average Bonchev–Trinajstić information content (AvgIpc) is 2.72. The van der Waals surface area contributed by atoms with Gasteiger partial charge >= 0.3 is 0 Å². The summed E-state index contributed by atoms with van der Waals surface area (Å²) < 4.78 is 0. The molecular weight excluding hydrogens is 192 g/mol. The summed E-state index contributed by atoms with van der Waals surface area (Å²) in [5.41, 5.74) is 5.42. The Morgan fingerprint density at radius 3 is 3.00 bits per heavy atom. The van der Waals surface area contributed by atoms with Gasteiger partial charge in [-0.1, -0.05) is 6.92 Å². The maximum Gasteiger partial charge on any atom is 0.225 e. The van der Waals surface area contributed by atoms with Crippen molar-refractivity contribution >= 4 is 5.91 Å². The molecule has 0 saturated carbocycles. The van der Waals surface area contributed by atoms with Crippen LogP contribution >= 0.6 is 0 Å². The Hall–Kier alpha value is -0.610. The fraction of sp³-hybridized carbons (Fsp3) is 0.909. The molecule has 0 spiro atoms. The number of carbonyl (C=O) groups excluding carboxylic acids is 1. The highest BCUT2D eigenvalue weighted by molar-refractivity contribution is 5.79. The van der Waals surface area contributed by atoms with E-state index in [0.717, 1.165) is 32.2 Å². The normalized spacial score (nSPS) is 23.1. The topological polar surface area (TPSA) is 66.6 Å². The summed E-state index contributed by atoms with van der Waals surface area (Å²) in [6, 6.07) is 0.0535. The van der Waals surface area contributed by atoms with Gasteiger partial charge in [0.15, 0.2) is 0 Å². The molecule has 1 aliphatic rings. The molecule has 1 aliphatic heterocycles. The number of aliphatic hydroxyl groups excluding tert-OH is 1. The number of nitrogens with two attached hydrogens (primary N) is 1. The molecule has 15 heavy (non-hydrogen) atoms. The molecule has 88 valence electrons. The monoisotopic (exact) mass is 214 g/mol. The largest absolute Gasteiger partial charge is 0.394 e. The molecule has 0 aromatic rings. The van der Waals surface area contributed by atoms with E-state index in [0.29, 0.717) is 6.54 Å². The van der Waals surface area contributed by atoms with Crippen LogP contribution in [0.5, 0.6) is 0 Å². The van der Waals surface area contributed by atoms with Gasteiger partial charge in [-0.25, -0.2) is 0 Å². The van der Waals surface area contributed by atoms with Crippen molar-refractivity contribution in [3.63, 3.8) is 0 Å². The van der Waals surface area contributed by atoms with E-state index in [1.165, 1.54) is 0 Å². The van der Waals surface area contributed by atoms with Crippen LogP contribution < -0.4 is 5.73 Å². The highest BCUT2D eigenvalue weighted by Crippen LogP contribution is 2.20. The molecule has 0 radical (unpaired) electrons. The summed E-state index contributed by atoms with van der Waals surface area (Å²) in [5, 5.41) is 9.13. The van der Waals surface area contributed by atoms with Crippen LogP contribution in [-0.4, -0.2) is 41.7 Å². The Labute approximate surface area is 91.4 Å². The minimum atomic E-state index is 0.0423. The number of hydrogen-bond donors (Lipinski definition) is 2. The lowest BCUT2D eigenvalue weighted by molar-refractivity contribution is -0.136. The molecule has 1 amide bonds. The zero-order valence-corrected chi connectivity index (χ0v) is 9.48. The second-order valence-corrected chi connectivity index (χ2v) is 4.34. The van der Waals surface area contributed by atoms with E-state index in [2.05, 4.69) is 0 Å². The lowest BCUT2D eigenvalue weighted by Gasteiger charge is -2.26. The molecule has 1 heterocycles. The number of nitrogens with zero attached hydrogens (tertiary/aromatic N) is 1. The van der Waals surface area contributed by atoms with Gasteiger partial charge in [-0.3, -0.25) is 4.79 Å². The van der Waals surface area contributed by atoms with Gasteiger partial charge in [0, 0.05) is 12.5 Å².